The second-order valence-electron chi connectivity index (χ2n) is 7.92. The van der Waals surface area contributed by atoms with Gasteiger partial charge in [-0.3, -0.25) is 4.79 Å². The average Bonchev–Trinajstić information content (AvgIpc) is 2.64. The molecule has 0 saturated carbocycles. The Morgan fingerprint density at radius 3 is 2.34 bits per heavy atom. The lowest BCUT2D eigenvalue weighted by Crippen LogP contribution is -2.51. The molecule has 0 fully saturated rings. The SMILES string of the molecule is CCc1cccc(C(C)(C)NC[C@H](O)[C@H](Cc2cc(F)cc(F)c2)NC(C)=O)c1. The van der Waals surface area contributed by atoms with E-state index in [9.17, 15) is 18.7 Å². The molecule has 158 valence electrons. The second-order valence-corrected chi connectivity index (χ2v) is 7.92. The molecule has 0 heterocycles. The van der Waals surface area contributed by atoms with E-state index in [1.54, 1.807) is 0 Å². The van der Waals surface area contributed by atoms with Crippen LogP contribution < -0.4 is 10.6 Å². The van der Waals surface area contributed by atoms with Gasteiger partial charge < -0.3 is 15.7 Å². The van der Waals surface area contributed by atoms with Crippen LogP contribution in [0.1, 0.15) is 44.4 Å². The fourth-order valence-corrected chi connectivity index (χ4v) is 3.31. The van der Waals surface area contributed by atoms with Crippen molar-refractivity contribution in [3.63, 3.8) is 0 Å². The lowest BCUT2D eigenvalue weighted by molar-refractivity contribution is -0.120. The van der Waals surface area contributed by atoms with E-state index in [1.165, 1.54) is 24.6 Å². The predicted molar refractivity (Wildman–Crippen MR) is 111 cm³/mol. The van der Waals surface area contributed by atoms with Gasteiger partial charge in [-0.2, -0.15) is 0 Å². The molecular weight excluding hydrogens is 374 g/mol. The van der Waals surface area contributed by atoms with Crippen molar-refractivity contribution >= 4 is 5.91 Å². The monoisotopic (exact) mass is 404 g/mol. The van der Waals surface area contributed by atoms with Crippen LogP contribution in [0.4, 0.5) is 8.78 Å². The smallest absolute Gasteiger partial charge is 0.217 e. The summed E-state index contributed by atoms with van der Waals surface area (Å²) in [6.45, 7) is 7.68. The number of aliphatic hydroxyl groups excluding tert-OH is 1. The number of hydrogen-bond acceptors (Lipinski definition) is 3. The molecule has 4 nitrogen and oxygen atoms in total. The Labute approximate surface area is 171 Å². The van der Waals surface area contributed by atoms with Crippen LogP contribution in [0, 0.1) is 11.6 Å². The summed E-state index contributed by atoms with van der Waals surface area (Å²) >= 11 is 0. The van der Waals surface area contributed by atoms with E-state index in [2.05, 4.69) is 29.7 Å². The second kappa shape index (κ2) is 9.94. The molecule has 6 heteroatoms. The van der Waals surface area contributed by atoms with E-state index in [-0.39, 0.29) is 18.9 Å². The van der Waals surface area contributed by atoms with Crippen LogP contribution >= 0.6 is 0 Å². The molecule has 2 atom stereocenters. The summed E-state index contributed by atoms with van der Waals surface area (Å²) in [5.41, 5.74) is 2.28. The lowest BCUT2D eigenvalue weighted by Gasteiger charge is -2.31. The maximum Gasteiger partial charge on any atom is 0.217 e. The highest BCUT2D eigenvalue weighted by Crippen LogP contribution is 2.21. The van der Waals surface area contributed by atoms with Gasteiger partial charge in [0.2, 0.25) is 5.91 Å². The maximum atomic E-state index is 13.5. The fourth-order valence-electron chi connectivity index (χ4n) is 3.31. The standard InChI is InChI=1S/C23H30F2N2O2/c1-5-16-7-6-8-18(9-16)23(3,4)26-14-22(29)21(27-15(2)28)12-17-10-19(24)13-20(25)11-17/h6-11,13,21-22,26,29H,5,12,14H2,1-4H3,(H,27,28)/t21-,22-/m0/s1. The van der Waals surface area contributed by atoms with E-state index < -0.39 is 29.3 Å². The largest absolute Gasteiger partial charge is 0.390 e. The van der Waals surface area contributed by atoms with Gasteiger partial charge >= 0.3 is 0 Å². The van der Waals surface area contributed by atoms with Crippen molar-refractivity contribution in [3.8, 4) is 0 Å². The molecule has 0 aliphatic heterocycles. The average molecular weight is 405 g/mol. The van der Waals surface area contributed by atoms with Crippen LogP contribution in [0.15, 0.2) is 42.5 Å². The Morgan fingerprint density at radius 1 is 1.10 bits per heavy atom. The molecular formula is C23H30F2N2O2. The Kier molecular flexibility index (Phi) is 7.88. The Bertz CT molecular complexity index is 819. The van der Waals surface area contributed by atoms with Gasteiger partial charge in [0, 0.05) is 25.1 Å². The third-order valence-corrected chi connectivity index (χ3v) is 5.04. The Morgan fingerprint density at radius 2 is 1.76 bits per heavy atom. The van der Waals surface area contributed by atoms with E-state index in [1.807, 2.05) is 26.0 Å². The minimum Gasteiger partial charge on any atom is -0.390 e. The topological polar surface area (TPSA) is 61.4 Å². The molecule has 2 rings (SSSR count). The highest BCUT2D eigenvalue weighted by atomic mass is 19.1. The zero-order chi connectivity index (χ0) is 21.6. The van der Waals surface area contributed by atoms with Gasteiger partial charge in [0.25, 0.3) is 0 Å². The van der Waals surface area contributed by atoms with E-state index in [0.29, 0.717) is 5.56 Å². The number of aliphatic hydroxyl groups is 1. The molecule has 2 aromatic rings. The summed E-state index contributed by atoms with van der Waals surface area (Å²) in [7, 11) is 0. The number of carbonyl (C=O) groups excluding carboxylic acids is 1. The van der Waals surface area contributed by atoms with Gasteiger partial charge in [0.15, 0.2) is 0 Å². The number of benzene rings is 2. The van der Waals surface area contributed by atoms with E-state index >= 15 is 0 Å². The lowest BCUT2D eigenvalue weighted by atomic mass is 9.91. The Balaban J connectivity index is 2.10. The van der Waals surface area contributed by atoms with E-state index in [0.717, 1.165) is 18.1 Å². The number of nitrogens with one attached hydrogen (secondary N) is 2. The molecule has 0 aromatic heterocycles. The van der Waals surface area contributed by atoms with Gasteiger partial charge in [-0.25, -0.2) is 8.78 Å². The summed E-state index contributed by atoms with van der Waals surface area (Å²) in [5, 5.41) is 16.7. The number of amides is 1. The van der Waals surface area contributed by atoms with Gasteiger partial charge in [-0.15, -0.1) is 0 Å². The molecule has 3 N–H and O–H groups in total. The molecule has 0 unspecified atom stereocenters. The van der Waals surface area contributed by atoms with Gasteiger partial charge in [-0.1, -0.05) is 31.2 Å². The minimum absolute atomic E-state index is 0.114. The molecule has 0 bridgehead atoms. The summed E-state index contributed by atoms with van der Waals surface area (Å²) in [5.74, 6) is -1.70. The zero-order valence-corrected chi connectivity index (χ0v) is 17.4. The van der Waals surface area contributed by atoms with Crippen molar-refractivity contribution in [2.45, 2.75) is 58.2 Å². The van der Waals surface area contributed by atoms with Crippen LogP contribution in [0.2, 0.25) is 0 Å². The summed E-state index contributed by atoms with van der Waals surface area (Å²) in [4.78, 5) is 11.6. The van der Waals surface area contributed by atoms with Crippen molar-refractivity contribution in [2.75, 3.05) is 6.54 Å². The van der Waals surface area contributed by atoms with E-state index in [4.69, 9.17) is 0 Å². The molecule has 1 amide bonds. The van der Waals surface area contributed by atoms with Crippen LogP contribution in [0.5, 0.6) is 0 Å². The molecule has 0 spiro atoms. The van der Waals surface area contributed by atoms with Crippen molar-refractivity contribution in [1.82, 2.24) is 10.6 Å². The number of hydrogen-bond donors (Lipinski definition) is 3. The summed E-state index contributed by atoms with van der Waals surface area (Å²) in [6.07, 6.45) is 0.100. The molecule has 0 radical (unpaired) electrons. The van der Waals surface area contributed by atoms with Crippen molar-refractivity contribution in [3.05, 3.63) is 70.8 Å². The molecule has 0 aliphatic carbocycles. The minimum atomic E-state index is -0.945. The first-order valence-corrected chi connectivity index (χ1v) is 9.85. The number of carbonyl (C=O) groups is 1. The van der Waals surface area contributed by atoms with Crippen molar-refractivity contribution < 1.29 is 18.7 Å². The number of rotatable bonds is 9. The third-order valence-electron chi connectivity index (χ3n) is 5.04. The molecule has 29 heavy (non-hydrogen) atoms. The molecule has 2 aromatic carbocycles. The quantitative estimate of drug-likeness (QED) is 0.600. The van der Waals surface area contributed by atoms with Crippen molar-refractivity contribution in [1.29, 1.82) is 0 Å². The molecule has 0 saturated heterocycles. The number of halogens is 2. The zero-order valence-electron chi connectivity index (χ0n) is 17.4. The van der Waals surface area contributed by atoms with Crippen LogP contribution in [-0.2, 0) is 23.2 Å². The van der Waals surface area contributed by atoms with Gasteiger partial charge in [-0.05, 0) is 55.5 Å². The summed E-state index contributed by atoms with van der Waals surface area (Å²) in [6, 6.07) is 10.8. The summed E-state index contributed by atoms with van der Waals surface area (Å²) < 4.78 is 27.0. The van der Waals surface area contributed by atoms with Crippen molar-refractivity contribution in [2.24, 2.45) is 0 Å². The highest BCUT2D eigenvalue weighted by Gasteiger charge is 2.26. The van der Waals surface area contributed by atoms with Crippen LogP contribution in [0.3, 0.4) is 0 Å². The normalized spacial score (nSPS) is 13.8. The Hall–Kier alpha value is -2.31. The fraction of sp³-hybridized carbons (Fsp3) is 0.435. The predicted octanol–water partition coefficient (Wildman–Crippen LogP) is 3.46. The number of aryl methyl sites for hydroxylation is 1. The van der Waals surface area contributed by atoms with Crippen LogP contribution in [0.25, 0.3) is 0 Å². The highest BCUT2D eigenvalue weighted by molar-refractivity contribution is 5.73. The first kappa shape index (κ1) is 23.0. The first-order valence-electron chi connectivity index (χ1n) is 9.85. The van der Waals surface area contributed by atoms with Crippen LogP contribution in [-0.4, -0.2) is 29.7 Å². The maximum absolute atomic E-state index is 13.5. The first-order chi connectivity index (χ1) is 13.6. The van der Waals surface area contributed by atoms with Gasteiger partial charge in [0.05, 0.1) is 12.1 Å². The third kappa shape index (κ3) is 6.91. The van der Waals surface area contributed by atoms with Gasteiger partial charge in [0.1, 0.15) is 11.6 Å². The molecule has 0 aliphatic rings.